The van der Waals surface area contributed by atoms with Gasteiger partial charge in [-0.3, -0.25) is 19.9 Å². The Labute approximate surface area is 221 Å². The topological polar surface area (TPSA) is 108 Å². The van der Waals surface area contributed by atoms with Crippen LogP contribution in [0.1, 0.15) is 51.0 Å². The lowest BCUT2D eigenvalue weighted by Crippen LogP contribution is -2.36. The van der Waals surface area contributed by atoms with Gasteiger partial charge in [-0.2, -0.15) is 0 Å². The molecule has 33 heavy (non-hydrogen) atoms. The molecule has 0 radical (unpaired) electrons. The van der Waals surface area contributed by atoms with Crippen molar-refractivity contribution < 1.29 is 24.0 Å². The average Bonchev–Trinajstić information content (AvgIpc) is 2.78. The minimum atomic E-state index is -0.868. The number of benzene rings is 1. The van der Waals surface area contributed by atoms with Crippen molar-refractivity contribution in [2.24, 2.45) is 10.9 Å². The van der Waals surface area contributed by atoms with Gasteiger partial charge in [0.15, 0.2) is 0 Å². The van der Waals surface area contributed by atoms with Gasteiger partial charge in [0.05, 0.1) is 23.7 Å². The summed E-state index contributed by atoms with van der Waals surface area (Å²) < 4.78 is 13.0. The van der Waals surface area contributed by atoms with Crippen LogP contribution in [0.25, 0.3) is 0 Å². The molecule has 0 aromatic heterocycles. The normalized spacial score (nSPS) is 18.0. The number of nitro benzene ring substituents is 1. The van der Waals surface area contributed by atoms with Gasteiger partial charge in [-0.1, -0.05) is 57.3 Å². The van der Waals surface area contributed by atoms with E-state index in [4.69, 9.17) is 9.47 Å². The second kappa shape index (κ2) is 14.0. The number of carbonyl (C=O) groups excluding carboxylic acids is 2. The first-order valence-electron chi connectivity index (χ1n) is 10.8. The molecular weight excluding hydrogens is 654 g/mol. The molecule has 0 aliphatic carbocycles. The minimum absolute atomic E-state index is 0.116. The van der Waals surface area contributed by atoms with Gasteiger partial charge in [-0.25, -0.2) is 4.79 Å². The summed E-state index contributed by atoms with van der Waals surface area (Å²) in [5.41, 5.74) is 1.55. The molecule has 0 amide bonds. The van der Waals surface area contributed by atoms with Crippen LogP contribution in [0, 0.1) is 16.0 Å². The average molecular weight is 682 g/mol. The van der Waals surface area contributed by atoms with E-state index in [1.54, 1.807) is 26.0 Å². The minimum Gasteiger partial charge on any atom is -0.465 e. The van der Waals surface area contributed by atoms with E-state index < -0.39 is 28.7 Å². The van der Waals surface area contributed by atoms with Crippen molar-refractivity contribution in [2.75, 3.05) is 22.1 Å². The van der Waals surface area contributed by atoms with Crippen LogP contribution >= 0.6 is 45.2 Å². The predicted molar refractivity (Wildman–Crippen MR) is 143 cm³/mol. The van der Waals surface area contributed by atoms with E-state index in [0.717, 1.165) is 34.5 Å². The molecule has 0 bridgehead atoms. The molecule has 2 unspecified atom stereocenters. The molecular formula is C23H28I2N2O6. The summed E-state index contributed by atoms with van der Waals surface area (Å²) in [6.07, 6.45) is 3.31. The van der Waals surface area contributed by atoms with Crippen molar-refractivity contribution in [3.05, 3.63) is 51.2 Å². The van der Waals surface area contributed by atoms with E-state index in [9.17, 15) is 19.7 Å². The molecule has 1 heterocycles. The van der Waals surface area contributed by atoms with Crippen LogP contribution in [0.4, 0.5) is 5.69 Å². The van der Waals surface area contributed by atoms with Crippen LogP contribution < -0.4 is 0 Å². The Kier molecular flexibility index (Phi) is 11.7. The van der Waals surface area contributed by atoms with E-state index in [1.807, 2.05) is 0 Å². The second-order valence-electron chi connectivity index (χ2n) is 7.66. The molecule has 0 spiro atoms. The Morgan fingerprint density at radius 2 is 1.70 bits per heavy atom. The summed E-state index contributed by atoms with van der Waals surface area (Å²) >= 11 is 4.53. The maximum absolute atomic E-state index is 13.1. The zero-order chi connectivity index (χ0) is 24.4. The summed E-state index contributed by atoms with van der Waals surface area (Å²) in [6.45, 7) is 3.94. The summed E-state index contributed by atoms with van der Waals surface area (Å²) in [6, 6.07) is 6.01. The molecule has 0 saturated carbocycles. The van der Waals surface area contributed by atoms with Gasteiger partial charge in [0.2, 0.25) is 0 Å². The SMILES string of the molecule is CC1=NC(C)=C(C(=O)OCCCCI)C(c2cccc([N+](=O)[O-])c2)C1C(=O)OCCCCI. The largest absolute Gasteiger partial charge is 0.465 e. The zero-order valence-corrected chi connectivity index (χ0v) is 23.0. The van der Waals surface area contributed by atoms with Gasteiger partial charge >= 0.3 is 11.9 Å². The van der Waals surface area contributed by atoms with Crippen molar-refractivity contribution in [1.29, 1.82) is 0 Å². The zero-order valence-electron chi connectivity index (χ0n) is 18.7. The number of aliphatic imine (C=N–C) groups is 1. The number of halogens is 2. The standard InChI is InChI=1S/C23H28I2N2O6/c1-15-19(22(28)32-12-5-3-10-24)21(17-8-7-9-18(14-17)27(30)31)20(16(2)26-15)23(29)33-13-6-4-11-25/h7-9,14,19,21H,3-6,10-13H2,1-2H3. The first kappa shape index (κ1) is 27.7. The molecule has 1 aliphatic heterocycles. The highest BCUT2D eigenvalue weighted by atomic mass is 127. The number of nitro groups is 1. The lowest BCUT2D eigenvalue weighted by atomic mass is 9.75. The van der Waals surface area contributed by atoms with E-state index in [2.05, 4.69) is 50.2 Å². The maximum atomic E-state index is 13.1. The molecule has 2 atom stereocenters. The highest BCUT2D eigenvalue weighted by Gasteiger charge is 2.42. The number of hydrogen-bond donors (Lipinski definition) is 0. The molecule has 2 rings (SSSR count). The van der Waals surface area contributed by atoms with Crippen LogP contribution in [-0.2, 0) is 19.1 Å². The van der Waals surface area contributed by atoms with Crippen LogP contribution in [0.15, 0.2) is 40.5 Å². The van der Waals surface area contributed by atoms with Crippen molar-refractivity contribution in [3.8, 4) is 0 Å². The number of allylic oxidation sites excluding steroid dienone is 1. The Morgan fingerprint density at radius 3 is 2.30 bits per heavy atom. The number of esters is 2. The first-order valence-corrected chi connectivity index (χ1v) is 13.8. The third-order valence-corrected chi connectivity index (χ3v) is 6.80. The van der Waals surface area contributed by atoms with Gasteiger partial charge in [0, 0.05) is 29.5 Å². The van der Waals surface area contributed by atoms with Gasteiger partial charge in [-0.05, 0) is 53.9 Å². The van der Waals surface area contributed by atoms with E-state index in [1.165, 1.54) is 12.1 Å². The lowest BCUT2D eigenvalue weighted by molar-refractivity contribution is -0.384. The summed E-state index contributed by atoms with van der Waals surface area (Å²) in [5, 5.41) is 11.4. The van der Waals surface area contributed by atoms with E-state index in [-0.39, 0.29) is 24.5 Å². The fraction of sp³-hybridized carbons (Fsp3) is 0.522. The number of rotatable bonds is 12. The van der Waals surface area contributed by atoms with Gasteiger partial charge < -0.3 is 9.47 Å². The molecule has 1 aliphatic rings. The number of alkyl halides is 2. The molecule has 1 aromatic rings. The number of ether oxygens (including phenoxy) is 2. The highest BCUT2D eigenvalue weighted by molar-refractivity contribution is 14.1. The van der Waals surface area contributed by atoms with Crippen molar-refractivity contribution >= 4 is 68.5 Å². The molecule has 180 valence electrons. The maximum Gasteiger partial charge on any atom is 0.336 e. The summed E-state index contributed by atoms with van der Waals surface area (Å²) in [5.74, 6) is -2.70. The first-order chi connectivity index (χ1) is 15.8. The highest BCUT2D eigenvalue weighted by Crippen LogP contribution is 2.41. The predicted octanol–water partition coefficient (Wildman–Crippen LogP) is 5.56. The van der Waals surface area contributed by atoms with Crippen LogP contribution in [0.3, 0.4) is 0 Å². The molecule has 1 aromatic carbocycles. The van der Waals surface area contributed by atoms with Crippen molar-refractivity contribution in [1.82, 2.24) is 0 Å². The van der Waals surface area contributed by atoms with Crippen LogP contribution in [0.2, 0.25) is 0 Å². The molecule has 8 nitrogen and oxygen atoms in total. The van der Waals surface area contributed by atoms with Gasteiger partial charge in [0.25, 0.3) is 5.69 Å². The Hall–Kier alpha value is -1.57. The summed E-state index contributed by atoms with van der Waals surface area (Å²) in [4.78, 5) is 41.6. The van der Waals surface area contributed by atoms with E-state index in [0.29, 0.717) is 17.0 Å². The molecule has 0 N–H and O–H groups in total. The number of hydrogen-bond acceptors (Lipinski definition) is 7. The van der Waals surface area contributed by atoms with E-state index >= 15 is 0 Å². The third-order valence-electron chi connectivity index (χ3n) is 5.28. The third kappa shape index (κ3) is 7.72. The number of carbonyl (C=O) groups is 2. The Morgan fingerprint density at radius 1 is 1.06 bits per heavy atom. The Balaban J connectivity index is 2.45. The number of non-ortho nitro benzene ring substituents is 1. The fourth-order valence-corrected chi connectivity index (χ4v) is 4.78. The molecule has 0 saturated heterocycles. The van der Waals surface area contributed by atoms with Gasteiger partial charge in [0.1, 0.15) is 5.92 Å². The van der Waals surface area contributed by atoms with Gasteiger partial charge in [-0.15, -0.1) is 0 Å². The quantitative estimate of drug-likeness (QED) is 0.0714. The monoisotopic (exact) mass is 682 g/mol. The molecule has 0 fully saturated rings. The van der Waals surface area contributed by atoms with Crippen molar-refractivity contribution in [2.45, 2.75) is 45.4 Å². The van der Waals surface area contributed by atoms with Crippen LogP contribution in [-0.4, -0.2) is 44.6 Å². The smallest absolute Gasteiger partial charge is 0.336 e. The number of unbranched alkanes of at least 4 members (excludes halogenated alkanes) is 2. The second-order valence-corrected chi connectivity index (χ2v) is 9.81. The fourth-order valence-electron chi connectivity index (χ4n) is 3.70. The lowest BCUT2D eigenvalue weighted by Gasteiger charge is -2.31. The molecule has 10 heteroatoms. The summed E-state index contributed by atoms with van der Waals surface area (Å²) in [7, 11) is 0. The van der Waals surface area contributed by atoms with Crippen LogP contribution in [0.5, 0.6) is 0 Å². The Bertz CT molecular complexity index is 931. The number of nitrogens with zero attached hydrogens (tertiary/aromatic N) is 2. The van der Waals surface area contributed by atoms with Crippen molar-refractivity contribution in [3.63, 3.8) is 0 Å².